The second-order valence-corrected chi connectivity index (χ2v) is 4.40. The first kappa shape index (κ1) is 11.5. The molecule has 0 atom stereocenters. The number of carbonyl (C=O) groups excluding carboxylic acids is 1. The minimum Gasteiger partial charge on any atom is -0.423 e. The molecule has 0 aliphatic carbocycles. The number of hydrogen-bond acceptors (Lipinski definition) is 2. The Hall–Kier alpha value is -1.57. The number of hydrogen-bond donors (Lipinski definition) is 0. The van der Waals surface area contributed by atoms with Crippen LogP contribution in [0.1, 0.15) is 26.3 Å². The molecule has 0 bridgehead atoms. The highest BCUT2D eigenvalue weighted by molar-refractivity contribution is 5.83. The van der Waals surface area contributed by atoms with E-state index in [-0.39, 0.29) is 5.41 Å². The predicted octanol–water partition coefficient (Wildman–Crippen LogP) is 3.08. The zero-order valence-electron chi connectivity index (χ0n) is 9.41. The van der Waals surface area contributed by atoms with E-state index in [4.69, 9.17) is 4.74 Å². The Bertz CT molecular complexity index is 355. The van der Waals surface area contributed by atoms with Gasteiger partial charge in [0.15, 0.2) is 0 Å². The topological polar surface area (TPSA) is 26.3 Å². The number of benzene rings is 1. The summed E-state index contributed by atoms with van der Waals surface area (Å²) in [6.45, 7) is 9.75. The Kier molecular flexibility index (Phi) is 3.30. The summed E-state index contributed by atoms with van der Waals surface area (Å²) < 4.78 is 4.97. The third-order valence-electron chi connectivity index (χ3n) is 2.11. The summed E-state index contributed by atoms with van der Waals surface area (Å²) in [4.78, 5) is 10.9. The van der Waals surface area contributed by atoms with Crippen LogP contribution in [0.3, 0.4) is 0 Å². The van der Waals surface area contributed by atoms with E-state index in [9.17, 15) is 4.79 Å². The third kappa shape index (κ3) is 3.24. The molecular weight excluding hydrogens is 188 g/mol. The molecule has 0 aromatic heterocycles. The van der Waals surface area contributed by atoms with Gasteiger partial charge in [0.1, 0.15) is 5.75 Å². The maximum Gasteiger partial charge on any atom is 0.335 e. The summed E-state index contributed by atoms with van der Waals surface area (Å²) >= 11 is 0. The highest BCUT2D eigenvalue weighted by atomic mass is 16.5. The normalized spacial score (nSPS) is 10.9. The number of carbonyl (C=O) groups is 1. The molecule has 0 fully saturated rings. The summed E-state index contributed by atoms with van der Waals surface area (Å²) in [5.74, 6) is 0.117. The molecule has 0 saturated heterocycles. The van der Waals surface area contributed by atoms with Gasteiger partial charge in [-0.25, -0.2) is 4.79 Å². The van der Waals surface area contributed by atoms with Crippen molar-refractivity contribution >= 4 is 5.97 Å². The van der Waals surface area contributed by atoms with Crippen LogP contribution >= 0.6 is 0 Å². The highest BCUT2D eigenvalue weighted by Crippen LogP contribution is 2.24. The number of rotatable bonds is 2. The van der Waals surface area contributed by atoms with Gasteiger partial charge >= 0.3 is 5.97 Å². The van der Waals surface area contributed by atoms with Crippen molar-refractivity contribution in [2.75, 3.05) is 0 Å². The largest absolute Gasteiger partial charge is 0.423 e. The molecule has 2 nitrogen and oxygen atoms in total. The maximum atomic E-state index is 10.9. The lowest BCUT2D eigenvalue weighted by Crippen LogP contribution is -2.11. The Labute approximate surface area is 90.6 Å². The van der Waals surface area contributed by atoms with Crippen LogP contribution in [0.5, 0.6) is 5.75 Å². The molecule has 2 heteroatoms. The molecular formula is C13H16O2. The van der Waals surface area contributed by atoms with Crippen LogP contribution < -0.4 is 4.74 Å². The fraction of sp³-hybridized carbons (Fsp3) is 0.308. The molecule has 0 saturated carbocycles. The van der Waals surface area contributed by atoms with Crippen LogP contribution in [0.25, 0.3) is 0 Å². The zero-order chi connectivity index (χ0) is 11.5. The molecule has 1 rings (SSSR count). The van der Waals surface area contributed by atoms with Gasteiger partial charge in [-0.2, -0.15) is 0 Å². The quantitative estimate of drug-likeness (QED) is 0.420. The van der Waals surface area contributed by atoms with Crippen molar-refractivity contribution in [3.8, 4) is 5.75 Å². The second-order valence-electron chi connectivity index (χ2n) is 4.40. The van der Waals surface area contributed by atoms with Gasteiger partial charge in [0.25, 0.3) is 0 Å². The van der Waals surface area contributed by atoms with E-state index in [1.54, 1.807) is 12.1 Å². The van der Waals surface area contributed by atoms with Crippen molar-refractivity contribution in [3.63, 3.8) is 0 Å². The molecule has 1 aromatic rings. The second kappa shape index (κ2) is 4.30. The van der Waals surface area contributed by atoms with Crippen LogP contribution in [0.2, 0.25) is 0 Å². The van der Waals surface area contributed by atoms with Crippen molar-refractivity contribution < 1.29 is 9.53 Å². The van der Waals surface area contributed by atoms with Gasteiger partial charge in [-0.15, -0.1) is 0 Å². The Morgan fingerprint density at radius 3 is 2.20 bits per heavy atom. The smallest absolute Gasteiger partial charge is 0.335 e. The van der Waals surface area contributed by atoms with Crippen molar-refractivity contribution in [2.45, 2.75) is 26.2 Å². The van der Waals surface area contributed by atoms with Gasteiger partial charge in [0.2, 0.25) is 0 Å². The van der Waals surface area contributed by atoms with Crippen molar-refractivity contribution in [3.05, 3.63) is 42.5 Å². The Morgan fingerprint density at radius 2 is 1.80 bits per heavy atom. The molecule has 0 spiro atoms. The van der Waals surface area contributed by atoms with Crippen molar-refractivity contribution in [2.24, 2.45) is 0 Å². The van der Waals surface area contributed by atoms with Crippen molar-refractivity contribution in [1.82, 2.24) is 0 Å². The lowest BCUT2D eigenvalue weighted by Gasteiger charge is -2.18. The van der Waals surface area contributed by atoms with Crippen LogP contribution in [0.15, 0.2) is 36.9 Å². The van der Waals surface area contributed by atoms with Crippen LogP contribution in [0, 0.1) is 0 Å². The molecule has 0 unspecified atom stereocenters. The summed E-state index contributed by atoms with van der Waals surface area (Å²) in [5, 5.41) is 0. The van der Waals surface area contributed by atoms with Gasteiger partial charge in [0, 0.05) is 6.08 Å². The fourth-order valence-corrected chi connectivity index (χ4v) is 1.18. The average Bonchev–Trinajstić information content (AvgIpc) is 2.17. The SMILES string of the molecule is C=CC(=O)Oc1ccc(C(C)(C)C)cc1. The van der Waals surface area contributed by atoms with Gasteiger partial charge in [-0.05, 0) is 23.1 Å². The molecule has 0 aliphatic heterocycles. The van der Waals surface area contributed by atoms with E-state index < -0.39 is 5.97 Å². The molecule has 15 heavy (non-hydrogen) atoms. The number of ether oxygens (including phenoxy) is 1. The lowest BCUT2D eigenvalue weighted by molar-refractivity contribution is -0.128. The summed E-state index contributed by atoms with van der Waals surface area (Å²) in [6, 6.07) is 7.52. The van der Waals surface area contributed by atoms with E-state index in [1.807, 2.05) is 12.1 Å². The average molecular weight is 204 g/mol. The predicted molar refractivity (Wildman–Crippen MR) is 61.0 cm³/mol. The van der Waals surface area contributed by atoms with E-state index in [2.05, 4.69) is 27.4 Å². The molecule has 0 aliphatic rings. The van der Waals surface area contributed by atoms with E-state index in [1.165, 1.54) is 5.56 Å². The first-order valence-corrected chi connectivity index (χ1v) is 4.88. The van der Waals surface area contributed by atoms with Crippen LogP contribution in [-0.4, -0.2) is 5.97 Å². The van der Waals surface area contributed by atoms with E-state index in [0.29, 0.717) is 5.75 Å². The monoisotopic (exact) mass is 204 g/mol. The fourth-order valence-electron chi connectivity index (χ4n) is 1.18. The third-order valence-corrected chi connectivity index (χ3v) is 2.11. The van der Waals surface area contributed by atoms with Gasteiger partial charge in [0.05, 0.1) is 0 Å². The van der Waals surface area contributed by atoms with Gasteiger partial charge in [-0.3, -0.25) is 0 Å². The minimum absolute atomic E-state index is 0.112. The van der Waals surface area contributed by atoms with Gasteiger partial charge in [-0.1, -0.05) is 39.5 Å². The molecule has 0 amide bonds. The first-order valence-electron chi connectivity index (χ1n) is 4.88. The summed E-state index contributed by atoms with van der Waals surface area (Å²) in [6.07, 6.45) is 1.15. The Balaban J connectivity index is 2.81. The first-order chi connectivity index (χ1) is 6.93. The standard InChI is InChI=1S/C13H16O2/c1-5-12(14)15-11-8-6-10(7-9-11)13(2,3)4/h5-9H,1H2,2-4H3. The van der Waals surface area contributed by atoms with Crippen LogP contribution in [-0.2, 0) is 10.2 Å². The molecule has 0 N–H and O–H groups in total. The van der Waals surface area contributed by atoms with E-state index in [0.717, 1.165) is 6.08 Å². The van der Waals surface area contributed by atoms with E-state index >= 15 is 0 Å². The summed E-state index contributed by atoms with van der Waals surface area (Å²) in [5.41, 5.74) is 1.32. The summed E-state index contributed by atoms with van der Waals surface area (Å²) in [7, 11) is 0. The number of esters is 1. The lowest BCUT2D eigenvalue weighted by atomic mass is 9.87. The van der Waals surface area contributed by atoms with Gasteiger partial charge < -0.3 is 4.74 Å². The highest BCUT2D eigenvalue weighted by Gasteiger charge is 2.13. The maximum absolute atomic E-state index is 10.9. The molecule has 1 aromatic carbocycles. The van der Waals surface area contributed by atoms with Crippen molar-refractivity contribution in [1.29, 1.82) is 0 Å². The minimum atomic E-state index is -0.432. The molecule has 0 radical (unpaired) electrons. The molecule has 80 valence electrons. The Morgan fingerprint density at radius 1 is 1.27 bits per heavy atom. The zero-order valence-corrected chi connectivity index (χ0v) is 9.41. The van der Waals surface area contributed by atoms with Crippen LogP contribution in [0.4, 0.5) is 0 Å². The molecule has 0 heterocycles.